The topological polar surface area (TPSA) is 107 Å². The van der Waals surface area contributed by atoms with E-state index in [1.54, 1.807) is 10.9 Å². The number of carbonyl (C=O) groups is 1. The number of benzene rings is 1. The number of rotatable bonds is 4. The van der Waals surface area contributed by atoms with Crippen LogP contribution in [0.3, 0.4) is 0 Å². The lowest BCUT2D eigenvalue weighted by Crippen LogP contribution is -2.39. The molecule has 3 aliphatic rings. The number of amides is 1. The zero-order valence-corrected chi connectivity index (χ0v) is 21.2. The van der Waals surface area contributed by atoms with Gasteiger partial charge in [0.05, 0.1) is 11.5 Å². The number of fused-ring (bicyclic) bond motifs is 3. The molecule has 1 amide bonds. The van der Waals surface area contributed by atoms with E-state index in [0.29, 0.717) is 29.3 Å². The first-order valence-corrected chi connectivity index (χ1v) is 12.9. The third-order valence-electron chi connectivity index (χ3n) is 7.74. The van der Waals surface area contributed by atoms with Crippen LogP contribution in [-0.2, 0) is 22.2 Å². The van der Waals surface area contributed by atoms with Crippen molar-refractivity contribution in [3.8, 4) is 5.82 Å². The first-order valence-electron chi connectivity index (χ1n) is 12.9. The Kier molecular flexibility index (Phi) is 4.50. The second-order valence-corrected chi connectivity index (χ2v) is 11.5. The van der Waals surface area contributed by atoms with Crippen molar-refractivity contribution in [2.75, 3.05) is 5.32 Å². The molecular formula is C28H29N7O2. The monoisotopic (exact) mass is 495 g/mol. The van der Waals surface area contributed by atoms with Crippen LogP contribution in [0.5, 0.6) is 0 Å². The molecule has 3 aromatic heterocycles. The highest BCUT2D eigenvalue weighted by molar-refractivity contribution is 5.93. The Labute approximate surface area is 213 Å². The lowest BCUT2D eigenvalue weighted by atomic mass is 9.87. The van der Waals surface area contributed by atoms with Gasteiger partial charge >= 0.3 is 0 Å². The summed E-state index contributed by atoms with van der Waals surface area (Å²) in [5, 5.41) is 6.82. The third kappa shape index (κ3) is 3.48. The highest BCUT2D eigenvalue weighted by Crippen LogP contribution is 2.51. The van der Waals surface area contributed by atoms with Crippen molar-refractivity contribution in [2.45, 2.75) is 69.9 Å². The maximum atomic E-state index is 13.4. The molecule has 2 N–H and O–H groups in total. The second-order valence-electron chi connectivity index (χ2n) is 11.5. The largest absolute Gasteiger partial charge is 0.351 e. The first kappa shape index (κ1) is 22.2. The number of anilines is 2. The smallest absolute Gasteiger partial charge is 0.278 e. The van der Waals surface area contributed by atoms with Crippen LogP contribution in [0.25, 0.3) is 16.9 Å². The molecule has 1 aliphatic heterocycles. The van der Waals surface area contributed by atoms with Crippen molar-refractivity contribution >= 4 is 28.6 Å². The zero-order chi connectivity index (χ0) is 25.5. The maximum absolute atomic E-state index is 13.4. The highest BCUT2D eigenvalue weighted by Gasteiger charge is 2.53. The quantitative estimate of drug-likeness (QED) is 0.443. The number of nitrogens with zero attached hydrogens (tertiary/aromatic N) is 5. The number of nitrogens with one attached hydrogen (secondary N) is 2. The number of pyridine rings is 1. The van der Waals surface area contributed by atoms with Gasteiger partial charge in [-0.15, -0.1) is 0 Å². The Balaban J connectivity index is 1.31. The first-order chi connectivity index (χ1) is 17.7. The third-order valence-corrected chi connectivity index (χ3v) is 7.74. The second kappa shape index (κ2) is 7.50. The van der Waals surface area contributed by atoms with Gasteiger partial charge < -0.3 is 10.6 Å². The maximum Gasteiger partial charge on any atom is 0.278 e. The molecule has 4 aromatic rings. The van der Waals surface area contributed by atoms with Gasteiger partial charge in [0.2, 0.25) is 11.9 Å². The standard InChI is InChI=1S/C28H29N7O2/c1-27(2,3)21-5-4-6-22(32-21)35-23-19(24(36)34(35)18-8-9-18)15-30-26(33-23)31-17-7-10-20-16(13-17)14-29-25(37)28(20)11-12-28/h4-7,10,13,15,18H,8-9,11-12,14H2,1-3H3,(H,29,37)(H,30,31,33). The van der Waals surface area contributed by atoms with Gasteiger partial charge in [0.25, 0.3) is 5.56 Å². The summed E-state index contributed by atoms with van der Waals surface area (Å²) in [6.45, 7) is 6.89. The normalized spacial score (nSPS) is 18.1. The Morgan fingerprint density at radius 2 is 1.89 bits per heavy atom. The predicted molar refractivity (Wildman–Crippen MR) is 140 cm³/mol. The minimum Gasteiger partial charge on any atom is -0.351 e. The number of hydrogen-bond donors (Lipinski definition) is 2. The Morgan fingerprint density at radius 3 is 2.62 bits per heavy atom. The summed E-state index contributed by atoms with van der Waals surface area (Å²) < 4.78 is 3.64. The van der Waals surface area contributed by atoms with E-state index >= 15 is 0 Å². The molecule has 2 saturated carbocycles. The van der Waals surface area contributed by atoms with Gasteiger partial charge in [-0.3, -0.25) is 9.59 Å². The van der Waals surface area contributed by atoms with Gasteiger partial charge in [0.1, 0.15) is 5.39 Å². The van der Waals surface area contributed by atoms with E-state index in [9.17, 15) is 9.59 Å². The molecule has 0 atom stereocenters. The van der Waals surface area contributed by atoms with Crippen molar-refractivity contribution in [2.24, 2.45) is 0 Å². The van der Waals surface area contributed by atoms with Crippen LogP contribution < -0.4 is 16.2 Å². The predicted octanol–water partition coefficient (Wildman–Crippen LogP) is 4.01. The molecule has 4 heterocycles. The van der Waals surface area contributed by atoms with E-state index in [1.165, 1.54) is 0 Å². The van der Waals surface area contributed by atoms with Crippen molar-refractivity contribution in [3.05, 3.63) is 69.8 Å². The molecule has 2 fully saturated rings. The van der Waals surface area contributed by atoms with Gasteiger partial charge in [-0.25, -0.2) is 19.3 Å². The van der Waals surface area contributed by atoms with E-state index < -0.39 is 0 Å². The van der Waals surface area contributed by atoms with E-state index in [2.05, 4.69) is 42.5 Å². The number of carbonyl (C=O) groups excluding carboxylic acids is 1. The van der Waals surface area contributed by atoms with Crippen LogP contribution in [0.15, 0.2) is 47.4 Å². The fourth-order valence-electron chi connectivity index (χ4n) is 5.39. The zero-order valence-electron chi connectivity index (χ0n) is 21.2. The van der Waals surface area contributed by atoms with Crippen molar-refractivity contribution in [1.29, 1.82) is 0 Å². The van der Waals surface area contributed by atoms with Gasteiger partial charge in [0.15, 0.2) is 11.5 Å². The molecule has 0 radical (unpaired) electrons. The summed E-state index contributed by atoms with van der Waals surface area (Å²) in [6, 6.07) is 12.1. The number of aromatic nitrogens is 5. The van der Waals surface area contributed by atoms with Crippen molar-refractivity contribution in [1.82, 2.24) is 29.6 Å². The average Bonchev–Trinajstić information content (AvgIpc) is 3.80. The summed E-state index contributed by atoms with van der Waals surface area (Å²) in [5.41, 5.74) is 4.01. The summed E-state index contributed by atoms with van der Waals surface area (Å²) in [7, 11) is 0. The lowest BCUT2D eigenvalue weighted by Gasteiger charge is -2.25. The summed E-state index contributed by atoms with van der Waals surface area (Å²) in [6.07, 6.45) is 5.33. The van der Waals surface area contributed by atoms with E-state index in [1.807, 2.05) is 35.0 Å². The van der Waals surface area contributed by atoms with Crippen LogP contribution in [0.4, 0.5) is 11.6 Å². The molecular weight excluding hydrogens is 466 g/mol. The van der Waals surface area contributed by atoms with Gasteiger partial charge in [-0.2, -0.15) is 4.98 Å². The summed E-state index contributed by atoms with van der Waals surface area (Å²) >= 11 is 0. The van der Waals surface area contributed by atoms with Crippen LogP contribution >= 0.6 is 0 Å². The minimum atomic E-state index is -0.335. The SMILES string of the molecule is CC(C)(C)c1cccc(-n2c3nc(Nc4ccc5c(c4)CNC(=O)C54CC4)ncc3c(=O)n2C2CC2)n1. The highest BCUT2D eigenvalue weighted by atomic mass is 16.2. The molecule has 9 nitrogen and oxygen atoms in total. The average molecular weight is 496 g/mol. The Morgan fingerprint density at radius 1 is 1.08 bits per heavy atom. The molecule has 0 bridgehead atoms. The van der Waals surface area contributed by atoms with Crippen LogP contribution in [0.2, 0.25) is 0 Å². The molecule has 2 aliphatic carbocycles. The van der Waals surface area contributed by atoms with E-state index in [-0.39, 0.29) is 28.3 Å². The minimum absolute atomic E-state index is 0.0914. The Bertz CT molecular complexity index is 1650. The van der Waals surface area contributed by atoms with Crippen molar-refractivity contribution in [3.63, 3.8) is 0 Å². The summed E-state index contributed by atoms with van der Waals surface area (Å²) in [5.74, 6) is 1.22. The molecule has 1 spiro atoms. The lowest BCUT2D eigenvalue weighted by molar-refractivity contribution is -0.124. The van der Waals surface area contributed by atoms with Crippen molar-refractivity contribution < 1.29 is 4.79 Å². The van der Waals surface area contributed by atoms with Crippen LogP contribution in [-0.4, -0.2) is 30.2 Å². The number of hydrogen-bond acceptors (Lipinski definition) is 6. The van der Waals surface area contributed by atoms with Gasteiger partial charge in [-0.05, 0) is 61.1 Å². The fourth-order valence-corrected chi connectivity index (χ4v) is 5.39. The molecule has 0 saturated heterocycles. The Hall–Kier alpha value is -4.01. The van der Waals surface area contributed by atoms with Crippen LogP contribution in [0.1, 0.15) is 69.3 Å². The molecule has 1 aromatic carbocycles. The van der Waals surface area contributed by atoms with Crippen LogP contribution in [0, 0.1) is 0 Å². The summed E-state index contributed by atoms with van der Waals surface area (Å²) in [4.78, 5) is 40.0. The fraction of sp³-hybridized carbons (Fsp3) is 0.393. The van der Waals surface area contributed by atoms with E-state index in [0.717, 1.165) is 48.2 Å². The molecule has 0 unspecified atom stereocenters. The van der Waals surface area contributed by atoms with E-state index in [4.69, 9.17) is 9.97 Å². The van der Waals surface area contributed by atoms with Gasteiger partial charge in [-0.1, -0.05) is 32.9 Å². The molecule has 9 heteroatoms. The van der Waals surface area contributed by atoms with Gasteiger partial charge in [0, 0.05) is 29.5 Å². The molecule has 7 rings (SSSR count). The molecule has 37 heavy (non-hydrogen) atoms. The molecule has 188 valence electrons.